The van der Waals surface area contributed by atoms with Gasteiger partial charge < -0.3 is 5.32 Å². The SMILES string of the molecule is O=C(CCC(=O)c1ccccc1)NCCn1nc(-c2ccc(Cl)cc2)ccc1=O. The second-order valence-corrected chi connectivity index (χ2v) is 6.86. The van der Waals surface area contributed by atoms with E-state index in [0.717, 1.165) is 5.56 Å². The Morgan fingerprint density at radius 1 is 0.931 bits per heavy atom. The largest absolute Gasteiger partial charge is 0.354 e. The van der Waals surface area contributed by atoms with Crippen molar-refractivity contribution >= 4 is 23.3 Å². The number of amides is 1. The van der Waals surface area contributed by atoms with Crippen molar-refractivity contribution in [2.24, 2.45) is 0 Å². The molecule has 29 heavy (non-hydrogen) atoms. The van der Waals surface area contributed by atoms with E-state index in [2.05, 4.69) is 10.4 Å². The van der Waals surface area contributed by atoms with E-state index in [1.165, 1.54) is 10.7 Å². The van der Waals surface area contributed by atoms with Gasteiger partial charge in [-0.1, -0.05) is 54.1 Å². The zero-order valence-electron chi connectivity index (χ0n) is 15.7. The van der Waals surface area contributed by atoms with Crippen LogP contribution < -0.4 is 10.9 Å². The number of carbonyl (C=O) groups is 2. The molecule has 0 aliphatic rings. The summed E-state index contributed by atoms with van der Waals surface area (Å²) in [5, 5.41) is 7.68. The predicted molar refractivity (Wildman–Crippen MR) is 112 cm³/mol. The van der Waals surface area contributed by atoms with E-state index in [9.17, 15) is 14.4 Å². The lowest BCUT2D eigenvalue weighted by atomic mass is 10.1. The van der Waals surface area contributed by atoms with Gasteiger partial charge in [-0.25, -0.2) is 4.68 Å². The molecule has 0 saturated heterocycles. The number of aromatic nitrogens is 2. The van der Waals surface area contributed by atoms with Crippen molar-refractivity contribution in [1.82, 2.24) is 15.1 Å². The number of halogens is 1. The Hall–Kier alpha value is -3.25. The molecule has 0 aliphatic carbocycles. The van der Waals surface area contributed by atoms with Gasteiger partial charge >= 0.3 is 0 Å². The van der Waals surface area contributed by atoms with Crippen molar-refractivity contribution in [3.8, 4) is 11.3 Å². The molecule has 0 spiro atoms. The fourth-order valence-electron chi connectivity index (χ4n) is 2.77. The summed E-state index contributed by atoms with van der Waals surface area (Å²) in [6, 6.07) is 19.1. The minimum atomic E-state index is -0.254. The molecule has 0 fully saturated rings. The van der Waals surface area contributed by atoms with Crippen LogP contribution in [0.5, 0.6) is 0 Å². The normalized spacial score (nSPS) is 10.5. The fraction of sp³-hybridized carbons (Fsp3) is 0.182. The lowest BCUT2D eigenvalue weighted by molar-refractivity contribution is -0.121. The Kier molecular flexibility index (Phi) is 6.92. The van der Waals surface area contributed by atoms with Crippen molar-refractivity contribution in [2.45, 2.75) is 19.4 Å². The van der Waals surface area contributed by atoms with Gasteiger partial charge in [0.15, 0.2) is 5.78 Å². The van der Waals surface area contributed by atoms with E-state index < -0.39 is 0 Å². The molecule has 148 valence electrons. The van der Waals surface area contributed by atoms with Gasteiger partial charge in [0.2, 0.25) is 5.91 Å². The van der Waals surface area contributed by atoms with Crippen LogP contribution in [0.15, 0.2) is 71.5 Å². The maximum Gasteiger partial charge on any atom is 0.266 e. The van der Waals surface area contributed by atoms with Crippen LogP contribution in [0.3, 0.4) is 0 Å². The van der Waals surface area contributed by atoms with Gasteiger partial charge in [-0.15, -0.1) is 0 Å². The summed E-state index contributed by atoms with van der Waals surface area (Å²) in [4.78, 5) is 36.1. The summed E-state index contributed by atoms with van der Waals surface area (Å²) in [6.07, 6.45) is 0.237. The van der Waals surface area contributed by atoms with Crippen LogP contribution >= 0.6 is 11.6 Å². The summed E-state index contributed by atoms with van der Waals surface area (Å²) in [5.41, 5.74) is 1.82. The number of carbonyl (C=O) groups excluding carboxylic acids is 2. The van der Waals surface area contributed by atoms with E-state index in [-0.39, 0.29) is 43.2 Å². The van der Waals surface area contributed by atoms with Crippen molar-refractivity contribution in [3.05, 3.63) is 87.7 Å². The smallest absolute Gasteiger partial charge is 0.266 e. The molecule has 7 heteroatoms. The third-order valence-electron chi connectivity index (χ3n) is 4.33. The number of nitrogens with one attached hydrogen (secondary N) is 1. The molecular formula is C22H20ClN3O3. The van der Waals surface area contributed by atoms with E-state index in [4.69, 9.17) is 11.6 Å². The first kappa shape index (κ1) is 20.5. The molecule has 0 unspecified atom stereocenters. The lowest BCUT2D eigenvalue weighted by Crippen LogP contribution is -2.32. The molecule has 1 amide bonds. The number of nitrogens with zero attached hydrogens (tertiary/aromatic N) is 2. The number of hydrogen-bond acceptors (Lipinski definition) is 4. The van der Waals surface area contributed by atoms with Gasteiger partial charge in [0.25, 0.3) is 5.56 Å². The Morgan fingerprint density at radius 2 is 1.66 bits per heavy atom. The number of Topliss-reactive ketones (excluding diaryl/α,β-unsaturated/α-hetero) is 1. The molecule has 0 radical (unpaired) electrons. The lowest BCUT2D eigenvalue weighted by Gasteiger charge is -2.09. The van der Waals surface area contributed by atoms with E-state index in [1.54, 1.807) is 42.5 Å². The fourth-order valence-corrected chi connectivity index (χ4v) is 2.89. The molecule has 1 N–H and O–H groups in total. The highest BCUT2D eigenvalue weighted by atomic mass is 35.5. The molecule has 1 aromatic heterocycles. The molecule has 1 heterocycles. The highest BCUT2D eigenvalue weighted by molar-refractivity contribution is 6.30. The zero-order valence-corrected chi connectivity index (χ0v) is 16.4. The molecule has 3 aromatic rings. The van der Waals surface area contributed by atoms with Gasteiger partial charge in [-0.2, -0.15) is 5.10 Å². The van der Waals surface area contributed by atoms with Crippen molar-refractivity contribution < 1.29 is 9.59 Å². The Labute approximate surface area is 173 Å². The first-order valence-corrected chi connectivity index (χ1v) is 9.60. The van der Waals surface area contributed by atoms with Crippen LogP contribution in [0.2, 0.25) is 5.02 Å². The number of ketones is 1. The van der Waals surface area contributed by atoms with Crippen LogP contribution in [-0.4, -0.2) is 28.0 Å². The molecular weight excluding hydrogens is 390 g/mol. The Bertz CT molecular complexity index is 1050. The van der Waals surface area contributed by atoms with Crippen LogP contribution in [0.1, 0.15) is 23.2 Å². The monoisotopic (exact) mass is 409 g/mol. The molecule has 0 atom stereocenters. The Balaban J connectivity index is 1.51. The second kappa shape index (κ2) is 9.80. The van der Waals surface area contributed by atoms with Crippen molar-refractivity contribution in [1.29, 1.82) is 0 Å². The first-order chi connectivity index (χ1) is 14.0. The predicted octanol–water partition coefficient (Wildman–Crippen LogP) is 3.34. The second-order valence-electron chi connectivity index (χ2n) is 6.43. The first-order valence-electron chi connectivity index (χ1n) is 9.22. The summed E-state index contributed by atoms with van der Waals surface area (Å²) < 4.78 is 1.30. The third kappa shape index (κ3) is 5.86. The zero-order chi connectivity index (χ0) is 20.6. The van der Waals surface area contributed by atoms with Gasteiger partial charge in [0.05, 0.1) is 12.2 Å². The average molecular weight is 410 g/mol. The minimum absolute atomic E-state index is 0.0747. The van der Waals surface area contributed by atoms with Crippen LogP contribution in [0, 0.1) is 0 Å². The van der Waals surface area contributed by atoms with Crippen molar-refractivity contribution in [2.75, 3.05) is 6.54 Å². The molecule has 2 aromatic carbocycles. The van der Waals surface area contributed by atoms with Gasteiger partial charge in [0.1, 0.15) is 0 Å². The summed E-state index contributed by atoms with van der Waals surface area (Å²) in [5.74, 6) is -0.314. The number of benzene rings is 2. The highest BCUT2D eigenvalue weighted by Gasteiger charge is 2.09. The molecule has 0 saturated carbocycles. The highest BCUT2D eigenvalue weighted by Crippen LogP contribution is 2.18. The third-order valence-corrected chi connectivity index (χ3v) is 4.58. The van der Waals surface area contributed by atoms with Crippen molar-refractivity contribution in [3.63, 3.8) is 0 Å². The van der Waals surface area contributed by atoms with Gasteiger partial charge in [-0.3, -0.25) is 14.4 Å². The molecule has 0 bridgehead atoms. The maximum atomic E-state index is 12.0. The summed E-state index contributed by atoms with van der Waals surface area (Å²) >= 11 is 5.90. The standard InChI is InChI=1S/C22H20ClN3O3/c23-18-8-6-16(7-9-18)19-10-13-22(29)26(25-19)15-14-24-21(28)12-11-20(27)17-4-2-1-3-5-17/h1-10,13H,11-12,14-15H2,(H,24,28). The van der Waals surface area contributed by atoms with E-state index in [0.29, 0.717) is 16.3 Å². The Morgan fingerprint density at radius 3 is 2.38 bits per heavy atom. The topological polar surface area (TPSA) is 81.1 Å². The van der Waals surface area contributed by atoms with Crippen LogP contribution in [-0.2, 0) is 11.3 Å². The summed E-state index contributed by atoms with van der Waals surface area (Å²) in [7, 11) is 0. The molecule has 3 rings (SSSR count). The molecule has 0 aliphatic heterocycles. The summed E-state index contributed by atoms with van der Waals surface area (Å²) in [6.45, 7) is 0.480. The van der Waals surface area contributed by atoms with E-state index in [1.807, 2.05) is 18.2 Å². The van der Waals surface area contributed by atoms with Crippen LogP contribution in [0.4, 0.5) is 0 Å². The quantitative estimate of drug-likeness (QED) is 0.578. The van der Waals surface area contributed by atoms with Gasteiger partial charge in [-0.05, 0) is 18.2 Å². The van der Waals surface area contributed by atoms with Crippen LogP contribution in [0.25, 0.3) is 11.3 Å². The van der Waals surface area contributed by atoms with Gasteiger partial charge in [0, 0.05) is 41.6 Å². The maximum absolute atomic E-state index is 12.0. The number of rotatable bonds is 8. The minimum Gasteiger partial charge on any atom is -0.354 e. The average Bonchev–Trinajstić information content (AvgIpc) is 2.74. The van der Waals surface area contributed by atoms with E-state index >= 15 is 0 Å². The molecule has 6 nitrogen and oxygen atoms in total. The number of hydrogen-bond donors (Lipinski definition) is 1.